The average molecular weight is 845 g/mol. The number of benzene rings is 2. The van der Waals surface area contributed by atoms with Crippen molar-refractivity contribution in [1.82, 2.24) is 0 Å². The van der Waals surface area contributed by atoms with Crippen molar-refractivity contribution in [2.24, 2.45) is 11.8 Å². The molecular formula is C38H43Cl2F2N2O11S+. The highest BCUT2D eigenvalue weighted by atomic mass is 35.5. The summed E-state index contributed by atoms with van der Waals surface area (Å²) in [6.07, 6.45) is 4.95. The fourth-order valence-corrected chi connectivity index (χ4v) is 6.62. The van der Waals surface area contributed by atoms with Gasteiger partial charge in [-0.25, -0.2) is 23.0 Å². The Morgan fingerprint density at radius 1 is 0.911 bits per heavy atom. The predicted octanol–water partition coefficient (Wildman–Crippen LogP) is 7.76. The summed E-state index contributed by atoms with van der Waals surface area (Å²) in [5, 5.41) is 0.514. The number of aromatic amines is 1. The third kappa shape index (κ3) is 12.5. The van der Waals surface area contributed by atoms with Crippen LogP contribution in [0.1, 0.15) is 80.5 Å². The minimum absolute atomic E-state index is 0.0151. The Morgan fingerprint density at radius 2 is 1.54 bits per heavy atom. The van der Waals surface area contributed by atoms with Crippen molar-refractivity contribution in [2.45, 2.75) is 77.6 Å². The van der Waals surface area contributed by atoms with Crippen LogP contribution in [-0.2, 0) is 35.4 Å². The Balaban J connectivity index is 1.31. The second kappa shape index (κ2) is 18.2. The molecule has 2 saturated carbocycles. The largest absolute Gasteiger partial charge is 0.491 e. The first-order chi connectivity index (χ1) is 26.4. The van der Waals surface area contributed by atoms with Crippen molar-refractivity contribution >= 4 is 56.9 Å². The van der Waals surface area contributed by atoms with E-state index < -0.39 is 59.4 Å². The Hall–Kier alpha value is -4.41. The zero-order valence-electron chi connectivity index (χ0n) is 31.2. The molecule has 1 aromatic heterocycles. The molecule has 5 rings (SSSR count). The predicted molar refractivity (Wildman–Crippen MR) is 200 cm³/mol. The second-order valence-corrected chi connectivity index (χ2v) is 17.1. The van der Waals surface area contributed by atoms with E-state index in [-0.39, 0.29) is 57.5 Å². The average Bonchev–Trinajstić information content (AvgIpc) is 4.03. The number of nitrogens with zero attached hydrogens (tertiary/aromatic N) is 1. The molecule has 2 fully saturated rings. The number of halogens is 4. The fourth-order valence-electron chi connectivity index (χ4n) is 5.27. The monoisotopic (exact) mass is 843 g/mol. The van der Waals surface area contributed by atoms with E-state index in [9.17, 15) is 31.6 Å². The molecule has 0 radical (unpaired) electrons. The number of pyridine rings is 1. The summed E-state index contributed by atoms with van der Waals surface area (Å²) in [4.78, 5) is 42.3. The number of hydrogen-bond donors (Lipinski definition) is 0. The van der Waals surface area contributed by atoms with Crippen LogP contribution in [0.2, 0.25) is 10.0 Å². The van der Waals surface area contributed by atoms with Crippen LogP contribution in [0.4, 0.5) is 19.3 Å². The number of hydrogen-bond acceptors (Lipinski definition) is 11. The molecule has 2 aromatic carbocycles. The third-order valence-corrected chi connectivity index (χ3v) is 10.1. The Kier molecular flexibility index (Phi) is 13.9. The lowest BCUT2D eigenvalue weighted by molar-refractivity contribution is -0.377. The lowest BCUT2D eigenvalue weighted by Gasteiger charge is -2.27. The molecule has 1 heterocycles. The van der Waals surface area contributed by atoms with Gasteiger partial charge >= 0.3 is 24.6 Å². The molecule has 0 spiro atoms. The van der Waals surface area contributed by atoms with Gasteiger partial charge in [0.05, 0.1) is 31.5 Å². The van der Waals surface area contributed by atoms with Crippen LogP contribution in [0, 0.1) is 11.8 Å². The SMILES string of the molecule is CC(C)(C)OC(=O)N(c1ccc(C(=O)OCCC(=O)O[C@@H](Cc2c(Cl)c[nH+]cc2Cl)c2ccc(OC(F)F)c(OCC3CC3)c2)cc1OCC1CC1)S(C)(=O)=O. The van der Waals surface area contributed by atoms with Crippen molar-refractivity contribution in [3.63, 3.8) is 0 Å². The molecular weight excluding hydrogens is 801 g/mol. The van der Waals surface area contributed by atoms with Crippen LogP contribution in [0.3, 0.4) is 0 Å². The summed E-state index contributed by atoms with van der Waals surface area (Å²) in [6, 6.07) is 7.96. The van der Waals surface area contributed by atoms with Gasteiger partial charge in [-0.1, -0.05) is 29.3 Å². The number of esters is 2. The van der Waals surface area contributed by atoms with Crippen molar-refractivity contribution in [3.05, 3.63) is 75.5 Å². The number of sulfonamides is 1. The quantitative estimate of drug-likeness (QED) is 0.0910. The van der Waals surface area contributed by atoms with Crippen LogP contribution >= 0.6 is 23.2 Å². The van der Waals surface area contributed by atoms with E-state index in [0.717, 1.165) is 31.9 Å². The van der Waals surface area contributed by atoms with E-state index in [0.29, 0.717) is 28.0 Å². The number of rotatable bonds is 18. The van der Waals surface area contributed by atoms with E-state index >= 15 is 0 Å². The molecule has 3 aromatic rings. The van der Waals surface area contributed by atoms with Crippen molar-refractivity contribution < 1.29 is 65.0 Å². The second-order valence-electron chi connectivity index (χ2n) is 14.5. The standard InChI is InChI=1S/C38H42Cl2F2N2O11S/c1-38(2,3)55-37(47)44(56(4,48)49)29-11-9-25(16-32(29)51-20-22-5-6-22)35(46)50-14-13-34(45)53-31(17-26-27(39)18-43-19-28(26)40)24-10-12-30(54-36(41)42)33(15-24)52-21-23-7-8-23/h9-12,15-16,18-19,22-23,31,36H,5-8,13-14,17,20-21H2,1-4H3/p+1/t31-/m0/s1. The first-order valence-electron chi connectivity index (χ1n) is 17.8. The summed E-state index contributed by atoms with van der Waals surface area (Å²) in [5.41, 5.74) is -0.396. The van der Waals surface area contributed by atoms with Crippen LogP contribution in [0.25, 0.3) is 0 Å². The zero-order valence-corrected chi connectivity index (χ0v) is 33.5. The van der Waals surface area contributed by atoms with Gasteiger partial charge in [0.2, 0.25) is 10.0 Å². The number of carbonyl (C=O) groups excluding carboxylic acids is 3. The maximum absolute atomic E-state index is 13.2. The van der Waals surface area contributed by atoms with Crippen LogP contribution in [0.5, 0.6) is 17.2 Å². The van der Waals surface area contributed by atoms with Crippen molar-refractivity contribution in [1.29, 1.82) is 0 Å². The smallest absolute Gasteiger partial charge is 0.429 e. The van der Waals surface area contributed by atoms with Gasteiger partial charge in [-0.3, -0.25) is 4.79 Å². The summed E-state index contributed by atoms with van der Waals surface area (Å²) >= 11 is 12.8. The van der Waals surface area contributed by atoms with E-state index in [1.165, 1.54) is 48.8 Å². The first-order valence-corrected chi connectivity index (χ1v) is 20.4. The number of amides is 1. The lowest BCUT2D eigenvalue weighted by Crippen LogP contribution is -2.40. The number of aromatic nitrogens is 1. The number of alkyl halides is 2. The van der Waals surface area contributed by atoms with Crippen LogP contribution < -0.4 is 23.5 Å². The number of nitrogens with one attached hydrogen (secondary N) is 1. The molecule has 13 nitrogen and oxygen atoms in total. The molecule has 56 heavy (non-hydrogen) atoms. The zero-order chi connectivity index (χ0) is 40.8. The van der Waals surface area contributed by atoms with Gasteiger partial charge in [-0.15, -0.1) is 0 Å². The summed E-state index contributed by atoms with van der Waals surface area (Å²) in [5.74, 6) is -1.32. The van der Waals surface area contributed by atoms with Gasteiger partial charge in [0.15, 0.2) is 23.9 Å². The van der Waals surface area contributed by atoms with Gasteiger partial charge in [0, 0.05) is 12.0 Å². The van der Waals surface area contributed by atoms with E-state index in [2.05, 4.69) is 9.72 Å². The molecule has 1 atom stereocenters. The summed E-state index contributed by atoms with van der Waals surface area (Å²) in [7, 11) is -4.21. The molecule has 1 N–H and O–H groups in total. The molecule has 0 bridgehead atoms. The number of anilines is 1. The van der Waals surface area contributed by atoms with Gasteiger partial charge in [0.1, 0.15) is 39.8 Å². The molecule has 0 saturated heterocycles. The first kappa shape index (κ1) is 42.7. The summed E-state index contributed by atoms with van der Waals surface area (Å²) < 4.78 is 85.4. The molecule has 2 aliphatic rings. The van der Waals surface area contributed by atoms with Gasteiger partial charge < -0.3 is 28.4 Å². The van der Waals surface area contributed by atoms with E-state index in [1.54, 1.807) is 20.8 Å². The maximum Gasteiger partial charge on any atom is 0.429 e. The highest BCUT2D eigenvalue weighted by Gasteiger charge is 2.34. The Bertz CT molecular complexity index is 2000. The lowest BCUT2D eigenvalue weighted by atomic mass is 10.0. The molecule has 1 amide bonds. The summed E-state index contributed by atoms with van der Waals surface area (Å²) in [6.45, 7) is 1.76. The number of carbonyl (C=O) groups is 3. The van der Waals surface area contributed by atoms with Crippen molar-refractivity contribution in [3.8, 4) is 17.2 Å². The molecule has 18 heteroatoms. The highest BCUT2D eigenvalue weighted by Crippen LogP contribution is 2.39. The van der Waals surface area contributed by atoms with Crippen molar-refractivity contribution in [2.75, 3.05) is 30.4 Å². The van der Waals surface area contributed by atoms with Crippen LogP contribution in [0.15, 0.2) is 48.8 Å². The molecule has 0 aliphatic heterocycles. The number of ether oxygens (including phenoxy) is 6. The maximum atomic E-state index is 13.2. The van der Waals surface area contributed by atoms with E-state index in [4.69, 9.17) is 46.9 Å². The minimum atomic E-state index is -4.21. The molecule has 304 valence electrons. The van der Waals surface area contributed by atoms with Gasteiger partial charge in [-0.05, 0) is 94.2 Å². The molecule has 0 unspecified atom stereocenters. The topological polar surface area (TPSA) is 158 Å². The number of H-pyrrole nitrogens is 1. The Morgan fingerprint density at radius 3 is 2.11 bits per heavy atom. The minimum Gasteiger partial charge on any atom is -0.491 e. The van der Waals surface area contributed by atoms with Gasteiger partial charge in [-0.2, -0.15) is 13.1 Å². The highest BCUT2D eigenvalue weighted by molar-refractivity contribution is 7.92. The third-order valence-electron chi connectivity index (χ3n) is 8.40. The normalized spacial score (nSPS) is 14.8. The van der Waals surface area contributed by atoms with E-state index in [1.807, 2.05) is 0 Å². The fraction of sp³-hybridized carbons (Fsp3) is 0.474. The Labute approximate surface area is 333 Å². The van der Waals surface area contributed by atoms with Crippen LogP contribution in [-0.4, -0.2) is 64.7 Å². The molecule has 2 aliphatic carbocycles. The van der Waals surface area contributed by atoms with Gasteiger partial charge in [0.25, 0.3) is 0 Å².